The molecule has 1 aliphatic rings. The first-order chi connectivity index (χ1) is 5.01. The van der Waals surface area contributed by atoms with Crippen molar-refractivity contribution in [2.24, 2.45) is 0 Å². The number of halogens is 1. The van der Waals surface area contributed by atoms with E-state index in [4.69, 9.17) is 0 Å². The molecule has 0 radical (unpaired) electrons. The molecule has 4 nitrogen and oxygen atoms in total. The highest BCUT2D eigenvalue weighted by atomic mass is 31.2. The van der Waals surface area contributed by atoms with Crippen molar-refractivity contribution >= 4 is 7.91 Å². The van der Waals surface area contributed by atoms with Crippen molar-refractivity contribution < 1.29 is 17.8 Å². The number of hydrogen-bond donors (Lipinski definition) is 0. The van der Waals surface area contributed by atoms with Gasteiger partial charge in [0, 0.05) is 0 Å². The van der Waals surface area contributed by atoms with Crippen LogP contribution in [-0.2, 0) is 13.6 Å². The van der Waals surface area contributed by atoms with Crippen LogP contribution in [0.5, 0.6) is 0 Å². The van der Waals surface area contributed by atoms with Crippen molar-refractivity contribution in [2.45, 2.75) is 6.04 Å². The van der Waals surface area contributed by atoms with E-state index in [0.29, 0.717) is 0 Å². The third-order valence-corrected chi connectivity index (χ3v) is 2.49. The van der Waals surface area contributed by atoms with E-state index in [0.717, 1.165) is 0 Å². The average Bonchev–Trinajstić information content (AvgIpc) is 1.86. The van der Waals surface area contributed by atoms with Gasteiger partial charge in [0.05, 0.1) is 19.3 Å². The van der Waals surface area contributed by atoms with Crippen LogP contribution in [0.2, 0.25) is 0 Å². The predicted octanol–water partition coefficient (Wildman–Crippen LogP) is 1.04. The summed E-state index contributed by atoms with van der Waals surface area (Å²) >= 11 is 0. The summed E-state index contributed by atoms with van der Waals surface area (Å²) in [6, 6.07) is -0.00664. The zero-order valence-electron chi connectivity index (χ0n) is 6.49. The van der Waals surface area contributed by atoms with Gasteiger partial charge in [-0.3, -0.25) is 9.05 Å². The molecule has 0 N–H and O–H groups in total. The minimum absolute atomic E-state index is 0.00664. The molecule has 0 aliphatic carbocycles. The Hall–Kier alpha value is 0.0400. The van der Waals surface area contributed by atoms with Gasteiger partial charge in [0.2, 0.25) is 0 Å². The zero-order chi connectivity index (χ0) is 8.48. The van der Waals surface area contributed by atoms with E-state index in [1.165, 1.54) is 0 Å². The van der Waals surface area contributed by atoms with Crippen LogP contribution in [-0.4, -0.2) is 38.3 Å². The summed E-state index contributed by atoms with van der Waals surface area (Å²) < 4.78 is 31.6. The maximum atomic E-state index is 12.4. The SMILES string of the molecule is CN(C)C1COP(=O)(F)OC1. The molecule has 0 aromatic rings. The van der Waals surface area contributed by atoms with Gasteiger partial charge in [0.25, 0.3) is 0 Å². The zero-order valence-corrected chi connectivity index (χ0v) is 7.38. The Morgan fingerprint density at radius 1 is 1.45 bits per heavy atom. The summed E-state index contributed by atoms with van der Waals surface area (Å²) in [5, 5.41) is 0. The van der Waals surface area contributed by atoms with E-state index in [1.54, 1.807) is 0 Å². The molecular formula is C5H11FNO3P. The average molecular weight is 183 g/mol. The van der Waals surface area contributed by atoms with E-state index in [2.05, 4.69) is 9.05 Å². The van der Waals surface area contributed by atoms with E-state index < -0.39 is 7.91 Å². The van der Waals surface area contributed by atoms with Crippen molar-refractivity contribution in [3.8, 4) is 0 Å². The van der Waals surface area contributed by atoms with Crippen LogP contribution in [0.1, 0.15) is 0 Å². The fourth-order valence-corrected chi connectivity index (χ4v) is 1.51. The second-order valence-electron chi connectivity index (χ2n) is 2.64. The van der Waals surface area contributed by atoms with Crippen molar-refractivity contribution in [1.82, 2.24) is 4.90 Å². The molecule has 0 bridgehead atoms. The third-order valence-electron chi connectivity index (χ3n) is 1.57. The first kappa shape index (κ1) is 9.13. The maximum Gasteiger partial charge on any atom is 0.513 e. The largest absolute Gasteiger partial charge is 0.513 e. The number of likely N-dealkylation sites (N-methyl/N-ethyl adjacent to an activating group) is 1. The van der Waals surface area contributed by atoms with Crippen LogP contribution in [0.25, 0.3) is 0 Å². The monoisotopic (exact) mass is 183 g/mol. The predicted molar refractivity (Wildman–Crippen MR) is 38.1 cm³/mol. The van der Waals surface area contributed by atoms with Crippen LogP contribution in [0.4, 0.5) is 4.20 Å². The minimum Gasteiger partial charge on any atom is -0.302 e. The molecule has 0 saturated carbocycles. The molecule has 1 heterocycles. The Kier molecular flexibility index (Phi) is 2.65. The molecule has 0 amide bonds. The summed E-state index contributed by atoms with van der Waals surface area (Å²) in [7, 11) is -0.540. The summed E-state index contributed by atoms with van der Waals surface area (Å²) in [6.45, 7) is 0.252. The standard InChI is InChI=1S/C5H11FNO3P/c1-7(2)5-3-9-11(6,8)10-4-5/h5H,3-4H2,1-2H3. The van der Waals surface area contributed by atoms with Gasteiger partial charge < -0.3 is 4.90 Å². The molecule has 6 heteroatoms. The smallest absolute Gasteiger partial charge is 0.302 e. The molecule has 66 valence electrons. The van der Waals surface area contributed by atoms with Crippen LogP contribution in [0.15, 0.2) is 0 Å². The van der Waals surface area contributed by atoms with E-state index >= 15 is 0 Å². The molecule has 1 fully saturated rings. The maximum absolute atomic E-state index is 12.4. The van der Waals surface area contributed by atoms with Gasteiger partial charge in [-0.25, -0.2) is 4.57 Å². The molecule has 1 saturated heterocycles. The lowest BCUT2D eigenvalue weighted by atomic mass is 10.3. The Bertz CT molecular complexity index is 175. The Morgan fingerprint density at radius 3 is 2.27 bits per heavy atom. The highest BCUT2D eigenvalue weighted by Gasteiger charge is 2.33. The molecule has 1 rings (SSSR count). The van der Waals surface area contributed by atoms with Crippen LogP contribution >= 0.6 is 7.91 Å². The minimum atomic E-state index is -4.19. The Balaban J connectivity index is 2.42. The molecule has 0 unspecified atom stereocenters. The van der Waals surface area contributed by atoms with Crippen molar-refractivity contribution in [2.75, 3.05) is 27.3 Å². The lowest BCUT2D eigenvalue weighted by Crippen LogP contribution is -2.38. The number of rotatable bonds is 1. The second-order valence-corrected chi connectivity index (χ2v) is 4.02. The molecule has 0 atom stereocenters. The summed E-state index contributed by atoms with van der Waals surface area (Å²) in [6.07, 6.45) is 0. The summed E-state index contributed by atoms with van der Waals surface area (Å²) in [5.41, 5.74) is 0. The van der Waals surface area contributed by atoms with Crippen LogP contribution in [0, 0.1) is 0 Å². The van der Waals surface area contributed by atoms with Crippen LogP contribution < -0.4 is 0 Å². The fraction of sp³-hybridized carbons (Fsp3) is 1.00. The lowest BCUT2D eigenvalue weighted by molar-refractivity contribution is 0.0510. The van der Waals surface area contributed by atoms with Gasteiger partial charge in [0.1, 0.15) is 0 Å². The normalized spacial score (nSPS) is 39.5. The van der Waals surface area contributed by atoms with Crippen molar-refractivity contribution in [3.05, 3.63) is 0 Å². The molecule has 0 aromatic carbocycles. The number of nitrogens with zero attached hydrogens (tertiary/aromatic N) is 1. The quantitative estimate of drug-likeness (QED) is 0.569. The van der Waals surface area contributed by atoms with Gasteiger partial charge in [-0.2, -0.15) is 0 Å². The highest BCUT2D eigenvalue weighted by Crippen LogP contribution is 2.52. The van der Waals surface area contributed by atoms with E-state index in [9.17, 15) is 8.76 Å². The number of hydrogen-bond acceptors (Lipinski definition) is 4. The van der Waals surface area contributed by atoms with E-state index in [1.807, 2.05) is 19.0 Å². The second kappa shape index (κ2) is 3.19. The van der Waals surface area contributed by atoms with Gasteiger partial charge in [-0.1, -0.05) is 0 Å². The van der Waals surface area contributed by atoms with Gasteiger partial charge in [-0.05, 0) is 14.1 Å². The topological polar surface area (TPSA) is 38.8 Å². The third kappa shape index (κ3) is 2.52. The Labute approximate surface area is 64.9 Å². The summed E-state index contributed by atoms with van der Waals surface area (Å²) in [5.74, 6) is 0. The molecule has 1 aliphatic heterocycles. The Morgan fingerprint density at radius 2 is 1.91 bits per heavy atom. The first-order valence-electron chi connectivity index (χ1n) is 3.26. The van der Waals surface area contributed by atoms with Crippen molar-refractivity contribution in [1.29, 1.82) is 0 Å². The molecular weight excluding hydrogens is 172 g/mol. The molecule has 0 aromatic heterocycles. The first-order valence-corrected chi connectivity index (χ1v) is 4.70. The van der Waals surface area contributed by atoms with Gasteiger partial charge >= 0.3 is 7.91 Å². The highest BCUT2D eigenvalue weighted by molar-refractivity contribution is 7.48. The molecule has 0 spiro atoms. The lowest BCUT2D eigenvalue weighted by Gasteiger charge is -2.28. The summed E-state index contributed by atoms with van der Waals surface area (Å²) in [4.78, 5) is 1.83. The van der Waals surface area contributed by atoms with E-state index in [-0.39, 0.29) is 19.3 Å². The fourth-order valence-electron chi connectivity index (χ4n) is 0.734. The molecule has 11 heavy (non-hydrogen) atoms. The van der Waals surface area contributed by atoms with Crippen molar-refractivity contribution in [3.63, 3.8) is 0 Å². The van der Waals surface area contributed by atoms with Gasteiger partial charge in [0.15, 0.2) is 0 Å². The van der Waals surface area contributed by atoms with Crippen LogP contribution in [0.3, 0.4) is 0 Å². The van der Waals surface area contributed by atoms with Gasteiger partial charge in [-0.15, -0.1) is 4.20 Å².